The number of fused-ring (bicyclic) bond motifs is 1. The SMILES string of the molecule is O=C(NCc1cccnc1)c1ccnc(C(=O)Nc2cccc3cccnc23)c1. The summed E-state index contributed by atoms with van der Waals surface area (Å²) in [5, 5.41) is 6.55. The van der Waals surface area contributed by atoms with E-state index in [2.05, 4.69) is 25.6 Å². The fraction of sp³-hybridized carbons (Fsp3) is 0.0455. The summed E-state index contributed by atoms with van der Waals surface area (Å²) >= 11 is 0. The van der Waals surface area contributed by atoms with Crippen molar-refractivity contribution in [1.29, 1.82) is 0 Å². The summed E-state index contributed by atoms with van der Waals surface area (Å²) in [5.41, 5.74) is 2.66. The highest BCUT2D eigenvalue weighted by Gasteiger charge is 2.13. The van der Waals surface area contributed by atoms with Gasteiger partial charge in [0, 0.05) is 42.3 Å². The van der Waals surface area contributed by atoms with Crippen molar-refractivity contribution in [2.24, 2.45) is 0 Å². The first-order valence-electron chi connectivity index (χ1n) is 8.99. The Hall–Kier alpha value is -4.13. The van der Waals surface area contributed by atoms with Crippen molar-refractivity contribution in [3.05, 3.63) is 96.2 Å². The van der Waals surface area contributed by atoms with Crippen LogP contribution < -0.4 is 10.6 Å². The van der Waals surface area contributed by atoms with Gasteiger partial charge in [-0.05, 0) is 35.9 Å². The summed E-state index contributed by atoms with van der Waals surface area (Å²) in [6.45, 7) is 0.345. The van der Waals surface area contributed by atoms with Crippen LogP contribution in [-0.2, 0) is 6.54 Å². The second-order valence-electron chi connectivity index (χ2n) is 6.31. The molecule has 2 N–H and O–H groups in total. The number of hydrogen-bond acceptors (Lipinski definition) is 5. The third-order valence-corrected chi connectivity index (χ3v) is 4.31. The molecule has 29 heavy (non-hydrogen) atoms. The Kier molecular flexibility index (Phi) is 5.20. The summed E-state index contributed by atoms with van der Waals surface area (Å²) in [4.78, 5) is 37.5. The Morgan fingerprint density at radius 3 is 2.59 bits per heavy atom. The second kappa shape index (κ2) is 8.26. The minimum Gasteiger partial charge on any atom is -0.348 e. The molecule has 1 aromatic carbocycles. The van der Waals surface area contributed by atoms with E-state index in [9.17, 15) is 9.59 Å². The van der Waals surface area contributed by atoms with E-state index < -0.39 is 5.91 Å². The summed E-state index contributed by atoms with van der Waals surface area (Å²) in [6, 6.07) is 16.0. The van der Waals surface area contributed by atoms with Crippen molar-refractivity contribution in [2.45, 2.75) is 6.54 Å². The lowest BCUT2D eigenvalue weighted by Crippen LogP contribution is -2.23. The van der Waals surface area contributed by atoms with Crippen LogP contribution in [0.5, 0.6) is 0 Å². The van der Waals surface area contributed by atoms with E-state index in [1.807, 2.05) is 30.3 Å². The Bertz CT molecular complexity index is 1170. The number of hydrogen-bond donors (Lipinski definition) is 2. The van der Waals surface area contributed by atoms with Crippen molar-refractivity contribution in [2.75, 3.05) is 5.32 Å². The zero-order chi connectivity index (χ0) is 20.1. The van der Waals surface area contributed by atoms with Gasteiger partial charge in [0.15, 0.2) is 0 Å². The summed E-state index contributed by atoms with van der Waals surface area (Å²) in [5.74, 6) is -0.706. The number of benzene rings is 1. The molecule has 2 amide bonds. The average Bonchev–Trinajstić information content (AvgIpc) is 2.78. The number of carbonyl (C=O) groups is 2. The number of pyridine rings is 3. The minimum atomic E-state index is -0.412. The highest BCUT2D eigenvalue weighted by Crippen LogP contribution is 2.21. The zero-order valence-corrected chi connectivity index (χ0v) is 15.4. The van der Waals surface area contributed by atoms with Gasteiger partial charge in [0.25, 0.3) is 11.8 Å². The fourth-order valence-electron chi connectivity index (χ4n) is 2.87. The Morgan fingerprint density at radius 2 is 1.72 bits per heavy atom. The van der Waals surface area contributed by atoms with Crippen LogP contribution in [-0.4, -0.2) is 26.8 Å². The minimum absolute atomic E-state index is 0.145. The van der Waals surface area contributed by atoms with Gasteiger partial charge in [-0.2, -0.15) is 0 Å². The topological polar surface area (TPSA) is 96.9 Å². The molecule has 0 aliphatic carbocycles. The van der Waals surface area contributed by atoms with Crippen LogP contribution in [0.1, 0.15) is 26.4 Å². The van der Waals surface area contributed by atoms with Gasteiger partial charge in [-0.25, -0.2) is 0 Å². The highest BCUT2D eigenvalue weighted by atomic mass is 16.2. The molecule has 0 aliphatic heterocycles. The lowest BCUT2D eigenvalue weighted by atomic mass is 10.1. The zero-order valence-electron chi connectivity index (χ0n) is 15.4. The lowest BCUT2D eigenvalue weighted by molar-refractivity contribution is 0.0950. The van der Waals surface area contributed by atoms with Gasteiger partial charge in [0.2, 0.25) is 0 Å². The summed E-state index contributed by atoms with van der Waals surface area (Å²) in [6.07, 6.45) is 6.47. The molecule has 4 rings (SSSR count). The molecule has 0 radical (unpaired) electrons. The van der Waals surface area contributed by atoms with E-state index in [1.165, 1.54) is 12.3 Å². The Morgan fingerprint density at radius 1 is 0.862 bits per heavy atom. The van der Waals surface area contributed by atoms with Crippen molar-refractivity contribution in [3.63, 3.8) is 0 Å². The molecule has 0 atom stereocenters. The molecule has 0 spiro atoms. The number of amides is 2. The normalized spacial score (nSPS) is 10.5. The molecule has 0 bridgehead atoms. The number of carbonyl (C=O) groups excluding carboxylic acids is 2. The standard InChI is InChI=1S/C22H17N5O2/c28-21(26-14-15-4-2-9-23-13-15)17-8-11-24-19(12-17)22(29)27-18-7-1-5-16-6-3-10-25-20(16)18/h1-13H,14H2,(H,26,28)(H,27,29). The largest absolute Gasteiger partial charge is 0.348 e. The quantitative estimate of drug-likeness (QED) is 0.552. The van der Waals surface area contributed by atoms with Gasteiger partial charge in [0.1, 0.15) is 5.69 Å². The molecule has 7 nitrogen and oxygen atoms in total. The number of anilines is 1. The average molecular weight is 383 g/mol. The van der Waals surface area contributed by atoms with Gasteiger partial charge in [0.05, 0.1) is 11.2 Å². The van der Waals surface area contributed by atoms with E-state index in [4.69, 9.17) is 0 Å². The first-order chi connectivity index (χ1) is 14.2. The second-order valence-corrected chi connectivity index (χ2v) is 6.31. The van der Waals surface area contributed by atoms with E-state index >= 15 is 0 Å². The van der Waals surface area contributed by atoms with Crippen molar-refractivity contribution in [1.82, 2.24) is 20.3 Å². The third kappa shape index (κ3) is 4.24. The predicted molar refractivity (Wildman–Crippen MR) is 109 cm³/mol. The van der Waals surface area contributed by atoms with Crippen LogP contribution in [0.3, 0.4) is 0 Å². The first-order valence-corrected chi connectivity index (χ1v) is 8.99. The van der Waals surface area contributed by atoms with E-state index in [1.54, 1.807) is 36.8 Å². The third-order valence-electron chi connectivity index (χ3n) is 4.31. The number of para-hydroxylation sites is 1. The molecule has 3 aromatic heterocycles. The number of aromatic nitrogens is 3. The molecular formula is C22H17N5O2. The maximum absolute atomic E-state index is 12.7. The van der Waals surface area contributed by atoms with E-state index in [-0.39, 0.29) is 11.6 Å². The molecule has 0 fully saturated rings. The number of nitrogens with zero attached hydrogens (tertiary/aromatic N) is 3. The molecule has 0 saturated carbocycles. The molecule has 0 aliphatic rings. The molecule has 3 heterocycles. The maximum atomic E-state index is 12.7. The Labute approximate surface area is 166 Å². The molecule has 0 saturated heterocycles. The van der Waals surface area contributed by atoms with Crippen molar-refractivity contribution in [3.8, 4) is 0 Å². The first kappa shape index (κ1) is 18.2. The molecule has 7 heteroatoms. The van der Waals surface area contributed by atoms with Gasteiger partial charge in [-0.1, -0.05) is 24.3 Å². The van der Waals surface area contributed by atoms with Gasteiger partial charge < -0.3 is 10.6 Å². The van der Waals surface area contributed by atoms with Gasteiger partial charge in [-0.3, -0.25) is 24.5 Å². The van der Waals surface area contributed by atoms with Crippen LogP contribution >= 0.6 is 0 Å². The fourth-order valence-corrected chi connectivity index (χ4v) is 2.87. The van der Waals surface area contributed by atoms with E-state index in [0.29, 0.717) is 23.3 Å². The van der Waals surface area contributed by atoms with E-state index in [0.717, 1.165) is 10.9 Å². The summed E-state index contributed by atoms with van der Waals surface area (Å²) < 4.78 is 0. The highest BCUT2D eigenvalue weighted by molar-refractivity contribution is 6.08. The monoisotopic (exact) mass is 383 g/mol. The van der Waals surface area contributed by atoms with Gasteiger partial charge >= 0.3 is 0 Å². The number of rotatable bonds is 5. The van der Waals surface area contributed by atoms with Crippen LogP contribution in [0, 0.1) is 0 Å². The van der Waals surface area contributed by atoms with Crippen LogP contribution in [0.2, 0.25) is 0 Å². The molecule has 4 aromatic rings. The van der Waals surface area contributed by atoms with Crippen molar-refractivity contribution < 1.29 is 9.59 Å². The summed E-state index contributed by atoms with van der Waals surface area (Å²) in [7, 11) is 0. The molecule has 0 unspecified atom stereocenters. The lowest BCUT2D eigenvalue weighted by Gasteiger charge is -2.09. The van der Waals surface area contributed by atoms with Gasteiger partial charge in [-0.15, -0.1) is 0 Å². The van der Waals surface area contributed by atoms with Crippen LogP contribution in [0.15, 0.2) is 79.4 Å². The van der Waals surface area contributed by atoms with Crippen LogP contribution in [0.4, 0.5) is 5.69 Å². The molecular weight excluding hydrogens is 366 g/mol. The Balaban J connectivity index is 1.49. The predicted octanol–water partition coefficient (Wildman–Crippen LogP) is 3.21. The molecule has 142 valence electrons. The van der Waals surface area contributed by atoms with Crippen LogP contribution in [0.25, 0.3) is 10.9 Å². The number of nitrogens with one attached hydrogen (secondary N) is 2. The maximum Gasteiger partial charge on any atom is 0.274 e. The smallest absolute Gasteiger partial charge is 0.274 e. The van der Waals surface area contributed by atoms with Crippen molar-refractivity contribution >= 4 is 28.4 Å².